The van der Waals surface area contributed by atoms with Crippen LogP contribution in [0.4, 0.5) is 5.69 Å². The molecule has 3 rings (SSSR count). The number of nitrogens with zero attached hydrogens (tertiary/aromatic N) is 1. The highest BCUT2D eigenvalue weighted by atomic mass is 35.5. The fourth-order valence-electron chi connectivity index (χ4n) is 2.28. The molecule has 112 valence electrons. The number of fused-ring (bicyclic) bond motifs is 1. The maximum absolute atomic E-state index is 6.11. The molecule has 2 aromatic carbocycles. The SMILES string of the molecule is Cc1[nH]c2ccccc2c1C=NNc1c(Cl)cc(Cl)cc1Cl. The van der Waals surface area contributed by atoms with Crippen LogP contribution < -0.4 is 5.43 Å². The lowest BCUT2D eigenvalue weighted by Gasteiger charge is -2.06. The van der Waals surface area contributed by atoms with Gasteiger partial charge in [0.2, 0.25) is 0 Å². The van der Waals surface area contributed by atoms with Crippen molar-refractivity contribution in [3.63, 3.8) is 0 Å². The van der Waals surface area contributed by atoms with Crippen LogP contribution >= 0.6 is 34.8 Å². The van der Waals surface area contributed by atoms with Gasteiger partial charge in [0.25, 0.3) is 0 Å². The summed E-state index contributed by atoms with van der Waals surface area (Å²) in [6.45, 7) is 2.00. The molecular formula is C16H12Cl3N3. The Morgan fingerprint density at radius 1 is 1.09 bits per heavy atom. The predicted octanol–water partition coefficient (Wildman–Crippen LogP) is 5.88. The summed E-state index contributed by atoms with van der Waals surface area (Å²) in [7, 11) is 0. The van der Waals surface area contributed by atoms with E-state index < -0.39 is 0 Å². The summed E-state index contributed by atoms with van der Waals surface area (Å²) in [6, 6.07) is 11.3. The number of hydrogen-bond acceptors (Lipinski definition) is 2. The average Bonchev–Trinajstić information content (AvgIpc) is 2.77. The third kappa shape index (κ3) is 2.93. The lowest BCUT2D eigenvalue weighted by molar-refractivity contribution is 1.28. The van der Waals surface area contributed by atoms with Crippen molar-refractivity contribution in [1.82, 2.24) is 4.98 Å². The first kappa shape index (κ1) is 15.2. The van der Waals surface area contributed by atoms with Crippen molar-refractivity contribution in [3.05, 3.63) is 62.7 Å². The van der Waals surface area contributed by atoms with Gasteiger partial charge in [-0.25, -0.2) is 0 Å². The highest BCUT2D eigenvalue weighted by Crippen LogP contribution is 2.33. The number of hydrazone groups is 1. The zero-order valence-electron chi connectivity index (χ0n) is 11.6. The van der Waals surface area contributed by atoms with Crippen molar-refractivity contribution < 1.29 is 0 Å². The third-order valence-corrected chi connectivity index (χ3v) is 4.13. The fraction of sp³-hybridized carbons (Fsp3) is 0.0625. The van der Waals surface area contributed by atoms with Crippen molar-refractivity contribution in [2.24, 2.45) is 5.10 Å². The molecule has 0 aliphatic rings. The Labute approximate surface area is 142 Å². The van der Waals surface area contributed by atoms with Crippen LogP contribution in [-0.2, 0) is 0 Å². The topological polar surface area (TPSA) is 40.2 Å². The molecule has 0 fully saturated rings. The average molecular weight is 353 g/mol. The molecule has 0 bridgehead atoms. The van der Waals surface area contributed by atoms with Gasteiger partial charge in [-0.2, -0.15) is 5.10 Å². The van der Waals surface area contributed by atoms with E-state index in [9.17, 15) is 0 Å². The Bertz CT molecular complexity index is 845. The highest BCUT2D eigenvalue weighted by molar-refractivity contribution is 6.41. The van der Waals surface area contributed by atoms with Crippen LogP contribution in [-0.4, -0.2) is 11.2 Å². The second-order valence-electron chi connectivity index (χ2n) is 4.82. The number of para-hydroxylation sites is 1. The Hall–Kier alpha value is -1.68. The molecule has 0 radical (unpaired) electrons. The molecule has 1 heterocycles. The Kier molecular flexibility index (Phi) is 4.30. The first-order valence-electron chi connectivity index (χ1n) is 6.57. The molecule has 0 atom stereocenters. The molecule has 0 amide bonds. The van der Waals surface area contributed by atoms with Gasteiger partial charge < -0.3 is 4.98 Å². The maximum Gasteiger partial charge on any atom is 0.0935 e. The van der Waals surface area contributed by atoms with Gasteiger partial charge in [-0.1, -0.05) is 53.0 Å². The summed E-state index contributed by atoms with van der Waals surface area (Å²) in [6.07, 6.45) is 1.75. The monoisotopic (exact) mass is 351 g/mol. The number of aromatic amines is 1. The van der Waals surface area contributed by atoms with Gasteiger partial charge >= 0.3 is 0 Å². The molecule has 3 nitrogen and oxygen atoms in total. The van der Waals surface area contributed by atoms with E-state index in [1.165, 1.54) is 0 Å². The minimum Gasteiger partial charge on any atom is -0.358 e. The van der Waals surface area contributed by atoms with E-state index in [1.807, 2.05) is 31.2 Å². The lowest BCUT2D eigenvalue weighted by atomic mass is 10.1. The first-order valence-corrected chi connectivity index (χ1v) is 7.70. The summed E-state index contributed by atoms with van der Waals surface area (Å²) in [5.74, 6) is 0. The fourth-order valence-corrected chi connectivity index (χ4v) is 3.18. The van der Waals surface area contributed by atoms with Gasteiger partial charge in [-0.05, 0) is 25.1 Å². The molecule has 2 N–H and O–H groups in total. The summed E-state index contributed by atoms with van der Waals surface area (Å²) in [4.78, 5) is 3.32. The Morgan fingerprint density at radius 2 is 1.77 bits per heavy atom. The molecule has 0 aliphatic heterocycles. The van der Waals surface area contributed by atoms with Gasteiger partial charge in [0.1, 0.15) is 0 Å². The molecule has 3 aromatic rings. The number of rotatable bonds is 3. The van der Waals surface area contributed by atoms with Crippen molar-refractivity contribution in [3.8, 4) is 0 Å². The molecule has 1 aromatic heterocycles. The number of halogens is 3. The standard InChI is InChI=1S/C16H12Cl3N3/c1-9-12(11-4-2-3-5-15(11)21-9)8-20-22-16-13(18)6-10(17)7-14(16)19/h2-8,21-22H,1H3. The van der Waals surface area contributed by atoms with Crippen LogP contribution in [0.3, 0.4) is 0 Å². The van der Waals surface area contributed by atoms with Crippen LogP contribution in [0.2, 0.25) is 15.1 Å². The van der Waals surface area contributed by atoms with Crippen molar-refractivity contribution >= 4 is 57.6 Å². The first-order chi connectivity index (χ1) is 10.6. The number of benzene rings is 2. The summed E-state index contributed by atoms with van der Waals surface area (Å²) in [5, 5.41) is 6.68. The molecule has 0 aliphatic carbocycles. The molecular weight excluding hydrogens is 341 g/mol. The predicted molar refractivity (Wildman–Crippen MR) is 95.7 cm³/mol. The largest absolute Gasteiger partial charge is 0.358 e. The lowest BCUT2D eigenvalue weighted by Crippen LogP contribution is -1.93. The Morgan fingerprint density at radius 3 is 2.50 bits per heavy atom. The molecule has 6 heteroatoms. The third-order valence-electron chi connectivity index (χ3n) is 3.32. The van der Waals surface area contributed by atoms with Crippen molar-refractivity contribution in [2.45, 2.75) is 6.92 Å². The second kappa shape index (κ2) is 6.21. The molecule has 0 saturated carbocycles. The maximum atomic E-state index is 6.11. The van der Waals surface area contributed by atoms with E-state index in [0.717, 1.165) is 22.2 Å². The number of anilines is 1. The number of aryl methyl sites for hydroxylation is 1. The highest BCUT2D eigenvalue weighted by Gasteiger charge is 2.08. The van der Waals surface area contributed by atoms with Gasteiger partial charge in [0.05, 0.1) is 21.9 Å². The second-order valence-corrected chi connectivity index (χ2v) is 6.07. The van der Waals surface area contributed by atoms with Gasteiger partial charge in [-0.3, -0.25) is 5.43 Å². The van der Waals surface area contributed by atoms with Crippen LogP contribution in [0.5, 0.6) is 0 Å². The van der Waals surface area contributed by atoms with E-state index in [4.69, 9.17) is 34.8 Å². The van der Waals surface area contributed by atoms with E-state index >= 15 is 0 Å². The number of H-pyrrole nitrogens is 1. The summed E-state index contributed by atoms with van der Waals surface area (Å²) < 4.78 is 0. The van der Waals surface area contributed by atoms with E-state index in [-0.39, 0.29) is 0 Å². The van der Waals surface area contributed by atoms with E-state index in [1.54, 1.807) is 18.3 Å². The van der Waals surface area contributed by atoms with Gasteiger partial charge in [0.15, 0.2) is 0 Å². The van der Waals surface area contributed by atoms with Crippen LogP contribution in [0.1, 0.15) is 11.3 Å². The zero-order chi connectivity index (χ0) is 15.7. The summed E-state index contributed by atoms with van der Waals surface area (Å²) in [5.41, 5.74) is 6.53. The molecule has 0 unspecified atom stereocenters. The molecule has 22 heavy (non-hydrogen) atoms. The number of nitrogens with one attached hydrogen (secondary N) is 2. The smallest absolute Gasteiger partial charge is 0.0935 e. The number of aromatic nitrogens is 1. The van der Waals surface area contributed by atoms with E-state index in [0.29, 0.717) is 20.8 Å². The van der Waals surface area contributed by atoms with E-state index in [2.05, 4.69) is 15.5 Å². The minimum absolute atomic E-state index is 0.422. The molecule has 0 saturated heterocycles. The normalized spacial score (nSPS) is 11.5. The van der Waals surface area contributed by atoms with Gasteiger partial charge in [-0.15, -0.1) is 0 Å². The summed E-state index contributed by atoms with van der Waals surface area (Å²) >= 11 is 18.1. The van der Waals surface area contributed by atoms with Crippen LogP contribution in [0.15, 0.2) is 41.5 Å². The van der Waals surface area contributed by atoms with Gasteiger partial charge in [0, 0.05) is 27.2 Å². The zero-order valence-corrected chi connectivity index (χ0v) is 13.9. The Balaban J connectivity index is 1.90. The van der Waals surface area contributed by atoms with Crippen LogP contribution in [0, 0.1) is 6.92 Å². The quantitative estimate of drug-likeness (QED) is 0.448. The van der Waals surface area contributed by atoms with Crippen LogP contribution in [0.25, 0.3) is 10.9 Å². The minimum atomic E-state index is 0.422. The molecule has 0 spiro atoms. The van der Waals surface area contributed by atoms with Crippen molar-refractivity contribution in [2.75, 3.05) is 5.43 Å². The van der Waals surface area contributed by atoms with Crippen molar-refractivity contribution in [1.29, 1.82) is 0 Å². The number of hydrogen-bond donors (Lipinski definition) is 2.